The third-order valence-corrected chi connectivity index (χ3v) is 15.9. The van der Waals surface area contributed by atoms with Gasteiger partial charge in [-0.2, -0.15) is 0 Å². The number of hydrogen-bond donors (Lipinski definition) is 5. The molecule has 1 saturated heterocycles. The van der Waals surface area contributed by atoms with Crippen LogP contribution in [0.1, 0.15) is 83.3 Å². The Labute approximate surface area is 359 Å². The molecule has 59 heavy (non-hydrogen) atoms. The first-order valence-electron chi connectivity index (χ1n) is 19.4. The molecule has 1 amide bonds. The molecule has 13 atom stereocenters. The van der Waals surface area contributed by atoms with Gasteiger partial charge in [-0.3, -0.25) is 14.4 Å². The van der Waals surface area contributed by atoms with Crippen molar-refractivity contribution in [2.24, 2.45) is 16.7 Å². The molecule has 16 heteroatoms. The van der Waals surface area contributed by atoms with Crippen molar-refractivity contribution in [2.75, 3.05) is 6.61 Å². The van der Waals surface area contributed by atoms with Gasteiger partial charge in [0.1, 0.15) is 34.3 Å². The highest BCUT2D eigenvalue weighted by Gasteiger charge is 2.78. The molecule has 0 radical (unpaired) electrons. The predicted molar refractivity (Wildman–Crippen MR) is 218 cm³/mol. The molecule has 6 rings (SSSR count). The van der Waals surface area contributed by atoms with E-state index in [0.29, 0.717) is 5.56 Å². The number of halogens is 2. The van der Waals surface area contributed by atoms with E-state index in [-0.39, 0.29) is 34.6 Å². The second-order valence-corrected chi connectivity index (χ2v) is 20.1. The maximum absolute atomic E-state index is 15.0. The summed E-state index contributed by atoms with van der Waals surface area (Å²) in [6, 6.07) is 14.8. The number of aliphatic hydroxyl groups is 4. The molecule has 4 aliphatic rings. The van der Waals surface area contributed by atoms with Crippen LogP contribution in [0.15, 0.2) is 71.8 Å². The van der Waals surface area contributed by atoms with Crippen LogP contribution in [0, 0.1) is 16.7 Å². The van der Waals surface area contributed by atoms with E-state index in [9.17, 15) is 44.4 Å². The molecule has 320 valence electrons. The Kier molecular flexibility index (Phi) is 12.3. The van der Waals surface area contributed by atoms with Crippen LogP contribution < -0.4 is 5.32 Å². The number of hydrogen-bond acceptors (Lipinski definition) is 13. The highest BCUT2D eigenvalue weighted by molar-refractivity contribution is 9.12. The Hall–Kier alpha value is -3.51. The van der Waals surface area contributed by atoms with E-state index in [2.05, 4.69) is 37.2 Å². The molecule has 2 aromatic rings. The van der Waals surface area contributed by atoms with E-state index < -0.39 is 111 Å². The number of fused-ring (bicyclic) bond motifs is 5. The Bertz CT molecular complexity index is 2020. The zero-order valence-electron chi connectivity index (χ0n) is 33.8. The van der Waals surface area contributed by atoms with Crippen LogP contribution in [-0.4, -0.2) is 114 Å². The fourth-order valence-corrected chi connectivity index (χ4v) is 9.91. The average molecular weight is 950 g/mol. The van der Waals surface area contributed by atoms with Crippen molar-refractivity contribution >= 4 is 61.5 Å². The molecule has 2 aromatic carbocycles. The standard InChI is InChI=1S/C43H51Br2NO13/c1-21-26(57-37(53)32(50)30(24-14-10-8-11-15-24)46-38(54)41(7,45)22(2)44)19-43(55)35(58-36(52)25-16-12-9-13-17-25)33-40(6,34(51)31(49)29(21)39(43,4)5)27(48)18-28-42(33,20-56-28)59-23(3)47/h8-17,22,26-28,30-33,35,48-50,55H,18-20H2,1-7H3,(H,46,54)/t22-,26+,27-,28-,30+,31-,32-,33?,35+,40-,41-,42+,43-/m1/s1. The fraction of sp³-hybridized carbons (Fsp3) is 0.558. The molecule has 1 aliphatic heterocycles. The van der Waals surface area contributed by atoms with Crippen molar-refractivity contribution in [3.05, 3.63) is 82.9 Å². The van der Waals surface area contributed by atoms with Gasteiger partial charge < -0.3 is 44.7 Å². The predicted octanol–water partition coefficient (Wildman–Crippen LogP) is 3.79. The lowest BCUT2D eigenvalue weighted by atomic mass is 9.44. The van der Waals surface area contributed by atoms with Crippen molar-refractivity contribution in [3.63, 3.8) is 0 Å². The summed E-state index contributed by atoms with van der Waals surface area (Å²) in [5.74, 6) is -5.88. The molecule has 2 bridgehead atoms. The number of esters is 3. The van der Waals surface area contributed by atoms with Crippen LogP contribution in [0.2, 0.25) is 0 Å². The number of ketones is 1. The van der Waals surface area contributed by atoms with E-state index >= 15 is 0 Å². The van der Waals surface area contributed by atoms with Crippen molar-refractivity contribution in [2.45, 2.75) is 124 Å². The Morgan fingerprint density at radius 1 is 1.00 bits per heavy atom. The summed E-state index contributed by atoms with van der Waals surface area (Å²) in [4.78, 5) is 69.3. The second-order valence-electron chi connectivity index (χ2n) is 17.1. The van der Waals surface area contributed by atoms with Crippen LogP contribution in [0.4, 0.5) is 0 Å². The minimum atomic E-state index is -2.35. The molecule has 3 aliphatic carbocycles. The molecule has 1 heterocycles. The summed E-state index contributed by atoms with van der Waals surface area (Å²) in [7, 11) is 0. The first kappa shape index (κ1) is 45.0. The van der Waals surface area contributed by atoms with Gasteiger partial charge >= 0.3 is 17.9 Å². The van der Waals surface area contributed by atoms with Gasteiger partial charge in [0.25, 0.3) is 0 Å². The minimum absolute atomic E-state index is 0.0565. The number of amides is 1. The Morgan fingerprint density at radius 3 is 2.14 bits per heavy atom. The van der Waals surface area contributed by atoms with Crippen molar-refractivity contribution in [1.29, 1.82) is 0 Å². The van der Waals surface area contributed by atoms with Gasteiger partial charge in [-0.15, -0.1) is 0 Å². The molecule has 5 N–H and O–H groups in total. The van der Waals surface area contributed by atoms with Crippen molar-refractivity contribution in [3.8, 4) is 0 Å². The van der Waals surface area contributed by atoms with Crippen molar-refractivity contribution in [1.82, 2.24) is 5.32 Å². The topological polar surface area (TPSA) is 215 Å². The monoisotopic (exact) mass is 947 g/mol. The number of carbonyl (C=O) groups excluding carboxylic acids is 5. The maximum Gasteiger partial charge on any atom is 0.338 e. The largest absolute Gasteiger partial charge is 0.456 e. The summed E-state index contributed by atoms with van der Waals surface area (Å²) in [6.45, 7) is 10.2. The number of alkyl halides is 2. The third-order valence-electron chi connectivity index (χ3n) is 13.4. The normalized spacial score (nSPS) is 34.8. The lowest BCUT2D eigenvalue weighted by molar-refractivity contribution is -0.346. The van der Waals surface area contributed by atoms with Gasteiger partial charge in [-0.1, -0.05) is 101 Å². The number of carbonyl (C=O) groups is 5. The van der Waals surface area contributed by atoms with Gasteiger partial charge in [0, 0.05) is 30.0 Å². The van der Waals surface area contributed by atoms with Crippen LogP contribution in [0.3, 0.4) is 0 Å². The molecule has 2 saturated carbocycles. The van der Waals surface area contributed by atoms with Crippen LogP contribution in [-0.2, 0) is 38.1 Å². The highest BCUT2D eigenvalue weighted by atomic mass is 79.9. The maximum atomic E-state index is 15.0. The molecular formula is C43H51Br2NO13. The first-order valence-corrected chi connectivity index (χ1v) is 21.2. The zero-order chi connectivity index (χ0) is 43.6. The van der Waals surface area contributed by atoms with E-state index in [1.807, 2.05) is 0 Å². The van der Waals surface area contributed by atoms with E-state index in [0.717, 1.165) is 6.92 Å². The van der Waals surface area contributed by atoms with Gasteiger partial charge in [-0.05, 0) is 49.6 Å². The SMILES string of the molecule is CC(=O)O[C@@]12CO[C@@H]1C[C@@H](O)[C@@]1(C)C(=O)[C@H](O)C3=C(C)[C@@H](OC(=O)[C@H](O)[C@@H](NC(=O)[C@](C)(Br)[C@@H](C)Br)c4ccccc4)C[C@@](O)([C@@H](OC(=O)c4ccccc4)C12)C3(C)C. The number of ether oxygens (including phenoxy) is 4. The lowest BCUT2D eigenvalue weighted by Crippen LogP contribution is -2.81. The number of aliphatic hydroxyl groups excluding tert-OH is 3. The van der Waals surface area contributed by atoms with Crippen LogP contribution >= 0.6 is 31.9 Å². The average Bonchev–Trinajstić information content (AvgIpc) is 3.18. The summed E-state index contributed by atoms with van der Waals surface area (Å²) >= 11 is 6.84. The smallest absolute Gasteiger partial charge is 0.338 e. The van der Waals surface area contributed by atoms with Crippen LogP contribution in [0.5, 0.6) is 0 Å². The third kappa shape index (κ3) is 7.29. The first-order chi connectivity index (χ1) is 27.5. The summed E-state index contributed by atoms with van der Waals surface area (Å²) < 4.78 is 23.0. The number of rotatable bonds is 10. The zero-order valence-corrected chi connectivity index (χ0v) is 37.0. The number of Topliss-reactive ketones (excluding diaryl/α,β-unsaturated/α-hetero) is 1. The van der Waals surface area contributed by atoms with Gasteiger partial charge in [0.15, 0.2) is 17.5 Å². The van der Waals surface area contributed by atoms with E-state index in [1.165, 1.54) is 26.0 Å². The van der Waals surface area contributed by atoms with Crippen molar-refractivity contribution < 1.29 is 63.3 Å². The molecule has 0 aromatic heterocycles. The lowest BCUT2D eigenvalue weighted by Gasteiger charge is -2.67. The van der Waals surface area contributed by atoms with Gasteiger partial charge in [-0.25, -0.2) is 9.59 Å². The molecular weight excluding hydrogens is 898 g/mol. The summed E-state index contributed by atoms with van der Waals surface area (Å²) in [5, 5.41) is 52.0. The molecule has 0 spiro atoms. The number of benzene rings is 2. The van der Waals surface area contributed by atoms with Crippen LogP contribution in [0.25, 0.3) is 0 Å². The van der Waals surface area contributed by atoms with E-state index in [4.69, 9.17) is 18.9 Å². The second kappa shape index (κ2) is 16.1. The fourth-order valence-electron chi connectivity index (χ4n) is 9.59. The quantitative estimate of drug-likeness (QED) is 0.0994. The molecule has 14 nitrogen and oxygen atoms in total. The molecule has 1 unspecified atom stereocenters. The summed E-state index contributed by atoms with van der Waals surface area (Å²) in [6.07, 6.45) is -10.5. The number of nitrogens with one attached hydrogen (secondary N) is 1. The van der Waals surface area contributed by atoms with Gasteiger partial charge in [0.05, 0.1) is 35.6 Å². The minimum Gasteiger partial charge on any atom is -0.456 e. The Morgan fingerprint density at radius 2 is 1.59 bits per heavy atom. The van der Waals surface area contributed by atoms with E-state index in [1.54, 1.807) is 76.2 Å². The van der Waals surface area contributed by atoms with Gasteiger partial charge in [0.2, 0.25) is 5.91 Å². The summed E-state index contributed by atoms with van der Waals surface area (Å²) in [5.41, 5.74) is -7.15. The molecule has 3 fully saturated rings. The Balaban J connectivity index is 1.49. The highest BCUT2D eigenvalue weighted by Crippen LogP contribution is 2.64.